The fourth-order valence-electron chi connectivity index (χ4n) is 0.825. The van der Waals surface area contributed by atoms with Crippen molar-refractivity contribution < 1.29 is 12.6 Å². The Kier molecular flexibility index (Phi) is 6.90. The molecule has 0 N–H and O–H groups in total. The summed E-state index contributed by atoms with van der Waals surface area (Å²) in [4.78, 5) is 0. The van der Waals surface area contributed by atoms with Crippen molar-refractivity contribution in [1.82, 2.24) is 0 Å². The largest absolute Gasteiger partial charge is 0.270 e. The maximum absolute atomic E-state index is 10.5. The van der Waals surface area contributed by atoms with Gasteiger partial charge in [-0.15, -0.1) is 0 Å². The first-order valence-corrected chi connectivity index (χ1v) is 6.37. The van der Waals surface area contributed by atoms with Crippen LogP contribution < -0.4 is 0 Å². The van der Waals surface area contributed by atoms with Gasteiger partial charge in [0.2, 0.25) is 0 Å². The lowest BCUT2D eigenvalue weighted by Gasteiger charge is -1.96. The van der Waals surface area contributed by atoms with Crippen LogP contribution in [-0.4, -0.2) is 21.3 Å². The van der Waals surface area contributed by atoms with E-state index in [9.17, 15) is 8.42 Å². The Hall–Kier alpha value is -0.350. The lowest BCUT2D eigenvalue weighted by molar-refractivity contribution is 0.328. The van der Waals surface area contributed by atoms with Crippen molar-refractivity contribution in [2.45, 2.75) is 32.6 Å². The van der Waals surface area contributed by atoms with Gasteiger partial charge in [0.15, 0.2) is 0 Å². The Bertz CT molecular complexity index is 229. The first-order chi connectivity index (χ1) is 6.06. The molecular weight excluding hydrogens is 188 g/mol. The summed E-state index contributed by atoms with van der Waals surface area (Å²) < 4.78 is 25.6. The lowest BCUT2D eigenvalue weighted by atomic mass is 10.2. The van der Waals surface area contributed by atoms with E-state index in [1.807, 2.05) is 6.08 Å². The maximum Gasteiger partial charge on any atom is 0.264 e. The van der Waals surface area contributed by atoms with E-state index in [2.05, 4.69) is 17.2 Å². The number of hydrogen-bond donors (Lipinski definition) is 0. The molecule has 13 heavy (non-hydrogen) atoms. The minimum absolute atomic E-state index is 0.251. The van der Waals surface area contributed by atoms with Crippen LogP contribution in [0, 0.1) is 0 Å². The molecule has 0 saturated carbocycles. The SMILES string of the molecule is CCCC/C=C/CCOS(C)(=O)=O. The van der Waals surface area contributed by atoms with Crippen LogP contribution in [0.3, 0.4) is 0 Å². The maximum atomic E-state index is 10.5. The normalized spacial score (nSPS) is 12.5. The standard InChI is InChI=1S/C9H18O3S/c1-3-4-5-6-7-8-9-12-13(2,10)11/h6-7H,3-5,8-9H2,1-2H3/b7-6+. The molecular formula is C9H18O3S. The molecule has 0 amide bonds. The third-order valence-corrected chi connectivity index (χ3v) is 2.07. The van der Waals surface area contributed by atoms with Crippen molar-refractivity contribution in [3.8, 4) is 0 Å². The molecule has 0 aromatic rings. The summed E-state index contributed by atoms with van der Waals surface area (Å²) in [5.41, 5.74) is 0. The summed E-state index contributed by atoms with van der Waals surface area (Å²) in [6, 6.07) is 0. The average molecular weight is 206 g/mol. The molecule has 78 valence electrons. The van der Waals surface area contributed by atoms with E-state index in [1.54, 1.807) is 0 Å². The van der Waals surface area contributed by atoms with Gasteiger partial charge in [-0.25, -0.2) is 0 Å². The van der Waals surface area contributed by atoms with E-state index < -0.39 is 10.1 Å². The Labute approximate surface area is 80.9 Å². The highest BCUT2D eigenvalue weighted by Crippen LogP contribution is 1.97. The molecule has 0 fully saturated rings. The van der Waals surface area contributed by atoms with Crippen molar-refractivity contribution in [3.63, 3.8) is 0 Å². The van der Waals surface area contributed by atoms with Gasteiger partial charge in [0, 0.05) is 0 Å². The highest BCUT2D eigenvalue weighted by molar-refractivity contribution is 7.85. The van der Waals surface area contributed by atoms with E-state index >= 15 is 0 Å². The number of unbranched alkanes of at least 4 members (excludes halogenated alkanes) is 2. The molecule has 0 aliphatic carbocycles. The van der Waals surface area contributed by atoms with Gasteiger partial charge in [-0.1, -0.05) is 31.9 Å². The van der Waals surface area contributed by atoms with Crippen LogP contribution in [0.5, 0.6) is 0 Å². The summed E-state index contributed by atoms with van der Waals surface area (Å²) in [5.74, 6) is 0. The highest BCUT2D eigenvalue weighted by atomic mass is 32.2. The topological polar surface area (TPSA) is 43.4 Å². The molecule has 0 saturated heterocycles. The fraction of sp³-hybridized carbons (Fsp3) is 0.778. The smallest absolute Gasteiger partial charge is 0.264 e. The third-order valence-electron chi connectivity index (χ3n) is 1.47. The van der Waals surface area contributed by atoms with E-state index in [0.717, 1.165) is 12.7 Å². The van der Waals surface area contributed by atoms with E-state index in [-0.39, 0.29) is 6.61 Å². The second-order valence-electron chi connectivity index (χ2n) is 2.93. The Morgan fingerprint density at radius 3 is 2.38 bits per heavy atom. The minimum atomic E-state index is -3.26. The monoisotopic (exact) mass is 206 g/mol. The zero-order valence-corrected chi connectivity index (χ0v) is 9.14. The lowest BCUT2D eigenvalue weighted by Crippen LogP contribution is -2.02. The summed E-state index contributed by atoms with van der Waals surface area (Å²) in [6.45, 7) is 2.39. The quantitative estimate of drug-likeness (QED) is 0.364. The van der Waals surface area contributed by atoms with E-state index in [4.69, 9.17) is 0 Å². The van der Waals surface area contributed by atoms with Crippen LogP contribution in [-0.2, 0) is 14.3 Å². The number of rotatable bonds is 7. The Balaban J connectivity index is 3.30. The first kappa shape index (κ1) is 12.7. The summed E-state index contributed by atoms with van der Waals surface area (Å²) in [5, 5.41) is 0. The molecule has 0 radical (unpaired) electrons. The Morgan fingerprint density at radius 1 is 1.23 bits per heavy atom. The van der Waals surface area contributed by atoms with Gasteiger partial charge in [0.25, 0.3) is 10.1 Å². The molecule has 0 aromatic heterocycles. The molecule has 0 unspecified atom stereocenters. The van der Waals surface area contributed by atoms with Crippen molar-refractivity contribution >= 4 is 10.1 Å². The molecule has 0 aliphatic heterocycles. The fourth-order valence-corrected chi connectivity index (χ4v) is 1.22. The van der Waals surface area contributed by atoms with Crippen molar-refractivity contribution in [2.24, 2.45) is 0 Å². The zero-order chi connectivity index (χ0) is 10.2. The second kappa shape index (κ2) is 7.09. The molecule has 0 atom stereocenters. The minimum Gasteiger partial charge on any atom is -0.270 e. The summed E-state index contributed by atoms with van der Waals surface area (Å²) >= 11 is 0. The summed E-state index contributed by atoms with van der Waals surface area (Å²) in [6.07, 6.45) is 9.18. The van der Waals surface area contributed by atoms with Gasteiger partial charge in [0.05, 0.1) is 12.9 Å². The zero-order valence-electron chi connectivity index (χ0n) is 8.32. The van der Waals surface area contributed by atoms with Crippen LogP contribution in [0.15, 0.2) is 12.2 Å². The van der Waals surface area contributed by atoms with Crippen LogP contribution in [0.25, 0.3) is 0 Å². The van der Waals surface area contributed by atoms with Gasteiger partial charge in [0.1, 0.15) is 0 Å². The molecule has 4 heteroatoms. The van der Waals surface area contributed by atoms with Crippen LogP contribution in [0.1, 0.15) is 32.6 Å². The molecule has 0 heterocycles. The average Bonchev–Trinajstić information content (AvgIpc) is 2.01. The van der Waals surface area contributed by atoms with Gasteiger partial charge < -0.3 is 0 Å². The van der Waals surface area contributed by atoms with Gasteiger partial charge in [-0.05, 0) is 12.8 Å². The third kappa shape index (κ3) is 11.7. The Morgan fingerprint density at radius 2 is 1.85 bits per heavy atom. The van der Waals surface area contributed by atoms with Gasteiger partial charge >= 0.3 is 0 Å². The van der Waals surface area contributed by atoms with E-state index in [0.29, 0.717) is 6.42 Å². The van der Waals surface area contributed by atoms with Gasteiger partial charge in [-0.2, -0.15) is 8.42 Å². The molecule has 0 aromatic carbocycles. The highest BCUT2D eigenvalue weighted by Gasteiger charge is 1.97. The molecule has 0 spiro atoms. The number of allylic oxidation sites excluding steroid dienone is 1. The molecule has 0 rings (SSSR count). The second-order valence-corrected chi connectivity index (χ2v) is 4.57. The van der Waals surface area contributed by atoms with Crippen LogP contribution >= 0.6 is 0 Å². The molecule has 3 nitrogen and oxygen atoms in total. The van der Waals surface area contributed by atoms with Crippen LogP contribution in [0.4, 0.5) is 0 Å². The molecule has 0 aliphatic rings. The predicted octanol–water partition coefficient (Wildman–Crippen LogP) is 2.10. The van der Waals surface area contributed by atoms with Crippen molar-refractivity contribution in [1.29, 1.82) is 0 Å². The predicted molar refractivity (Wildman–Crippen MR) is 54.1 cm³/mol. The summed E-state index contributed by atoms with van der Waals surface area (Å²) in [7, 11) is -3.26. The van der Waals surface area contributed by atoms with Gasteiger partial charge in [-0.3, -0.25) is 4.18 Å². The number of hydrogen-bond acceptors (Lipinski definition) is 3. The van der Waals surface area contributed by atoms with Crippen LogP contribution in [0.2, 0.25) is 0 Å². The van der Waals surface area contributed by atoms with Crippen molar-refractivity contribution in [3.05, 3.63) is 12.2 Å². The molecule has 0 bridgehead atoms. The first-order valence-electron chi connectivity index (χ1n) is 4.55. The van der Waals surface area contributed by atoms with Crippen molar-refractivity contribution in [2.75, 3.05) is 12.9 Å². The van der Waals surface area contributed by atoms with E-state index in [1.165, 1.54) is 12.8 Å².